The third-order valence-electron chi connectivity index (χ3n) is 5.47. The van der Waals surface area contributed by atoms with Gasteiger partial charge in [0.1, 0.15) is 0 Å². The van der Waals surface area contributed by atoms with Crippen LogP contribution in [0.4, 0.5) is 5.69 Å². The van der Waals surface area contributed by atoms with E-state index in [1.165, 1.54) is 9.87 Å². The van der Waals surface area contributed by atoms with E-state index in [0.717, 1.165) is 36.1 Å². The summed E-state index contributed by atoms with van der Waals surface area (Å²) in [5.74, 6) is -0.240. The Hall–Kier alpha value is -2.18. The van der Waals surface area contributed by atoms with Gasteiger partial charge >= 0.3 is 0 Å². The molecule has 0 fully saturated rings. The first kappa shape index (κ1) is 18.2. The number of anilines is 1. The maximum Gasteiger partial charge on any atom is 0.228 e. The van der Waals surface area contributed by atoms with Gasteiger partial charge in [0.05, 0.1) is 5.75 Å². The number of rotatable bonds is 4. The Morgan fingerprint density at radius 1 is 0.889 bits per heavy atom. The first-order chi connectivity index (χ1) is 13.0. The largest absolute Gasteiger partial charge is 0.312 e. The zero-order valence-electron chi connectivity index (χ0n) is 15.3. The first-order valence-corrected chi connectivity index (χ1v) is 11.1. The molecule has 0 saturated carbocycles. The molecule has 5 nitrogen and oxygen atoms in total. The topological polar surface area (TPSA) is 57.7 Å². The van der Waals surface area contributed by atoms with Crippen LogP contribution in [0.2, 0.25) is 0 Å². The van der Waals surface area contributed by atoms with Gasteiger partial charge in [0.25, 0.3) is 0 Å². The summed E-state index contributed by atoms with van der Waals surface area (Å²) in [5, 5.41) is 0. The second-order valence-electron chi connectivity index (χ2n) is 7.20. The third-order valence-corrected chi connectivity index (χ3v) is 7.29. The quantitative estimate of drug-likeness (QED) is 0.814. The minimum Gasteiger partial charge on any atom is -0.312 e. The number of hydrogen-bond donors (Lipinski definition) is 0. The Bertz CT molecular complexity index is 955. The van der Waals surface area contributed by atoms with Crippen LogP contribution in [0.5, 0.6) is 0 Å². The molecule has 2 aliphatic heterocycles. The molecule has 2 heterocycles. The lowest BCUT2D eigenvalue weighted by atomic mass is 10.0. The van der Waals surface area contributed by atoms with E-state index < -0.39 is 10.0 Å². The maximum atomic E-state index is 12.8. The monoisotopic (exact) mass is 384 g/mol. The van der Waals surface area contributed by atoms with Gasteiger partial charge in [-0.2, -0.15) is 4.31 Å². The minimum atomic E-state index is -3.45. The van der Waals surface area contributed by atoms with Crippen LogP contribution in [0.1, 0.15) is 29.5 Å². The normalized spacial score (nSPS) is 17.3. The van der Waals surface area contributed by atoms with Gasteiger partial charge in [-0.05, 0) is 42.0 Å². The van der Waals surface area contributed by atoms with E-state index in [0.29, 0.717) is 19.6 Å². The molecule has 0 radical (unpaired) electrons. The van der Waals surface area contributed by atoms with Gasteiger partial charge in [-0.3, -0.25) is 4.79 Å². The molecule has 1 amide bonds. The molecule has 2 aliphatic rings. The van der Waals surface area contributed by atoms with Crippen molar-refractivity contribution < 1.29 is 13.2 Å². The zero-order chi connectivity index (χ0) is 18.9. The summed E-state index contributed by atoms with van der Waals surface area (Å²) in [7, 11) is -3.45. The van der Waals surface area contributed by atoms with Gasteiger partial charge in [-0.1, -0.05) is 42.5 Å². The van der Waals surface area contributed by atoms with Crippen molar-refractivity contribution in [1.29, 1.82) is 0 Å². The highest BCUT2D eigenvalue weighted by Gasteiger charge is 2.29. The van der Waals surface area contributed by atoms with Gasteiger partial charge < -0.3 is 4.90 Å². The summed E-state index contributed by atoms with van der Waals surface area (Å²) >= 11 is 0. The number of aryl methyl sites for hydroxylation is 1. The second-order valence-corrected chi connectivity index (χ2v) is 9.28. The summed E-state index contributed by atoms with van der Waals surface area (Å²) in [6.07, 6.45) is 2.63. The van der Waals surface area contributed by atoms with Crippen LogP contribution >= 0.6 is 0 Å². The van der Waals surface area contributed by atoms with Crippen molar-refractivity contribution in [3.63, 3.8) is 0 Å². The fourth-order valence-corrected chi connectivity index (χ4v) is 5.38. The molecule has 0 unspecified atom stereocenters. The third kappa shape index (κ3) is 3.77. The van der Waals surface area contributed by atoms with Crippen LogP contribution in [0.25, 0.3) is 0 Å². The first-order valence-electron chi connectivity index (χ1n) is 9.47. The molecular weight excluding hydrogens is 360 g/mol. The van der Waals surface area contributed by atoms with Crippen molar-refractivity contribution in [2.45, 2.75) is 32.2 Å². The Morgan fingerprint density at radius 2 is 1.59 bits per heavy atom. The van der Waals surface area contributed by atoms with Crippen LogP contribution in [-0.2, 0) is 34.2 Å². The van der Waals surface area contributed by atoms with Gasteiger partial charge in [-0.25, -0.2) is 8.42 Å². The van der Waals surface area contributed by atoms with Crippen molar-refractivity contribution in [1.82, 2.24) is 4.31 Å². The number of fused-ring (bicyclic) bond motifs is 2. The lowest BCUT2D eigenvalue weighted by molar-refractivity contribution is -0.118. The Labute approximate surface area is 160 Å². The number of para-hydroxylation sites is 1. The molecule has 0 N–H and O–H groups in total. The van der Waals surface area contributed by atoms with Gasteiger partial charge in [0, 0.05) is 31.7 Å². The fraction of sp³-hybridized carbons (Fsp3) is 0.381. The van der Waals surface area contributed by atoms with E-state index in [1.807, 2.05) is 42.5 Å². The van der Waals surface area contributed by atoms with Crippen LogP contribution < -0.4 is 4.90 Å². The standard InChI is InChI=1S/C21H24N2O3S/c24-21(23-13-5-9-18-7-3-4-10-20(18)23)12-15-27(25,26)22-14-11-17-6-1-2-8-19(17)16-22/h1-4,6-8,10H,5,9,11-16H2. The molecule has 0 spiro atoms. The van der Waals surface area contributed by atoms with E-state index in [2.05, 4.69) is 6.07 Å². The molecule has 4 rings (SSSR count). The average Bonchev–Trinajstić information content (AvgIpc) is 2.71. The SMILES string of the molecule is O=C(CCS(=O)(=O)N1CCc2ccccc2C1)N1CCCc2ccccc21. The molecule has 0 aromatic heterocycles. The molecular formula is C21H24N2O3S. The zero-order valence-corrected chi connectivity index (χ0v) is 16.1. The predicted molar refractivity (Wildman–Crippen MR) is 106 cm³/mol. The van der Waals surface area contributed by atoms with Crippen LogP contribution in [0, 0.1) is 0 Å². The maximum absolute atomic E-state index is 12.8. The number of sulfonamides is 1. The number of nitrogens with zero attached hydrogens (tertiary/aromatic N) is 2. The highest BCUT2D eigenvalue weighted by atomic mass is 32.2. The molecule has 142 valence electrons. The van der Waals surface area contributed by atoms with E-state index in [9.17, 15) is 13.2 Å². The lowest BCUT2D eigenvalue weighted by Gasteiger charge is -2.30. The lowest BCUT2D eigenvalue weighted by Crippen LogP contribution is -2.40. The van der Waals surface area contributed by atoms with Gasteiger partial charge in [0.15, 0.2) is 0 Å². The molecule has 0 bridgehead atoms. The smallest absolute Gasteiger partial charge is 0.228 e. The number of hydrogen-bond acceptors (Lipinski definition) is 3. The number of carbonyl (C=O) groups is 1. The van der Waals surface area contributed by atoms with Crippen molar-refractivity contribution in [2.24, 2.45) is 0 Å². The molecule has 2 aromatic carbocycles. The van der Waals surface area contributed by atoms with Gasteiger partial charge in [-0.15, -0.1) is 0 Å². The summed E-state index contributed by atoms with van der Waals surface area (Å²) in [5.41, 5.74) is 4.36. The second kappa shape index (κ2) is 7.44. The number of amides is 1. The molecule has 0 atom stereocenters. The average molecular weight is 385 g/mol. The van der Waals surface area contributed by atoms with E-state index in [-0.39, 0.29) is 18.1 Å². The summed E-state index contributed by atoms with van der Waals surface area (Å²) < 4.78 is 27.1. The van der Waals surface area contributed by atoms with E-state index in [1.54, 1.807) is 4.90 Å². The molecule has 2 aromatic rings. The summed E-state index contributed by atoms with van der Waals surface area (Å²) in [6, 6.07) is 15.8. The van der Waals surface area contributed by atoms with Gasteiger partial charge in [0.2, 0.25) is 15.9 Å². The molecule has 27 heavy (non-hydrogen) atoms. The number of benzene rings is 2. The van der Waals surface area contributed by atoms with Crippen molar-refractivity contribution in [3.8, 4) is 0 Å². The van der Waals surface area contributed by atoms with Crippen LogP contribution in [0.15, 0.2) is 48.5 Å². The minimum absolute atomic E-state index is 0.0226. The van der Waals surface area contributed by atoms with Crippen molar-refractivity contribution in [2.75, 3.05) is 23.7 Å². The molecule has 6 heteroatoms. The Morgan fingerprint density at radius 3 is 2.41 bits per heavy atom. The Balaban J connectivity index is 1.42. The molecule has 0 saturated heterocycles. The fourth-order valence-electron chi connectivity index (χ4n) is 3.98. The van der Waals surface area contributed by atoms with Crippen LogP contribution in [0.3, 0.4) is 0 Å². The summed E-state index contributed by atoms with van der Waals surface area (Å²) in [6.45, 7) is 1.55. The Kier molecular flexibility index (Phi) is 5.02. The predicted octanol–water partition coefficient (Wildman–Crippen LogP) is 2.74. The summed E-state index contributed by atoms with van der Waals surface area (Å²) in [4.78, 5) is 14.5. The highest BCUT2D eigenvalue weighted by Crippen LogP contribution is 2.27. The van der Waals surface area contributed by atoms with E-state index in [4.69, 9.17) is 0 Å². The van der Waals surface area contributed by atoms with Crippen molar-refractivity contribution >= 4 is 21.6 Å². The molecule has 0 aliphatic carbocycles. The van der Waals surface area contributed by atoms with Crippen LogP contribution in [-0.4, -0.2) is 37.5 Å². The highest BCUT2D eigenvalue weighted by molar-refractivity contribution is 7.89. The van der Waals surface area contributed by atoms with E-state index >= 15 is 0 Å². The van der Waals surface area contributed by atoms with Crippen molar-refractivity contribution in [3.05, 3.63) is 65.2 Å². The number of carbonyl (C=O) groups excluding carboxylic acids is 1.